The van der Waals surface area contributed by atoms with Crippen LogP contribution in [0.5, 0.6) is 5.75 Å². The van der Waals surface area contributed by atoms with Crippen molar-refractivity contribution in [3.8, 4) is 5.75 Å². The third-order valence-corrected chi connectivity index (χ3v) is 2.74. The second-order valence-corrected chi connectivity index (χ2v) is 3.96. The lowest BCUT2D eigenvalue weighted by molar-refractivity contribution is -0.385. The molecule has 7 nitrogen and oxygen atoms in total. The molecule has 1 aromatic carbocycles. The summed E-state index contributed by atoms with van der Waals surface area (Å²) in [5.41, 5.74) is 5.20. The van der Waals surface area contributed by atoms with Crippen molar-refractivity contribution in [1.29, 1.82) is 0 Å². The minimum atomic E-state index is -0.712. The Morgan fingerprint density at radius 1 is 1.58 bits per heavy atom. The summed E-state index contributed by atoms with van der Waals surface area (Å²) in [6, 6.07) is 3.33. The molecule has 1 unspecified atom stereocenters. The Labute approximate surface area is 116 Å². The highest BCUT2D eigenvalue weighted by Gasteiger charge is 2.20. The minimum Gasteiger partial charge on any atom is -0.502 e. The number of nitro benzene ring substituents is 1. The SMILES string of the molecule is CC(CN)N(C)C(=O)c1ccc([N+](=O)[O-])c(O)c1.Cl. The van der Waals surface area contributed by atoms with Crippen molar-refractivity contribution in [3.63, 3.8) is 0 Å². The number of carbonyl (C=O) groups is 1. The van der Waals surface area contributed by atoms with Crippen molar-refractivity contribution >= 4 is 24.0 Å². The van der Waals surface area contributed by atoms with Crippen LogP contribution in [0, 0.1) is 10.1 Å². The third kappa shape index (κ3) is 3.80. The molecular formula is C11H16ClN3O4. The molecule has 0 aliphatic rings. The van der Waals surface area contributed by atoms with Gasteiger partial charge < -0.3 is 15.7 Å². The molecular weight excluding hydrogens is 274 g/mol. The maximum Gasteiger partial charge on any atom is 0.310 e. The summed E-state index contributed by atoms with van der Waals surface area (Å²) in [5, 5.41) is 20.0. The van der Waals surface area contributed by atoms with E-state index in [2.05, 4.69) is 0 Å². The first-order valence-electron chi connectivity index (χ1n) is 5.33. The van der Waals surface area contributed by atoms with Gasteiger partial charge in [-0.25, -0.2) is 0 Å². The highest BCUT2D eigenvalue weighted by Crippen LogP contribution is 2.26. The Morgan fingerprint density at radius 3 is 2.58 bits per heavy atom. The zero-order chi connectivity index (χ0) is 13.9. The van der Waals surface area contributed by atoms with E-state index in [1.807, 2.05) is 0 Å². The van der Waals surface area contributed by atoms with Crippen molar-refractivity contribution in [2.45, 2.75) is 13.0 Å². The van der Waals surface area contributed by atoms with E-state index in [-0.39, 0.29) is 29.9 Å². The number of phenolic OH excluding ortho intramolecular Hbond substituents is 1. The standard InChI is InChI=1S/C11H15N3O4.ClH/c1-7(6-12)13(2)11(16)8-3-4-9(14(17)18)10(15)5-8;/h3-5,7,15H,6,12H2,1-2H3;1H. The lowest BCUT2D eigenvalue weighted by atomic mass is 10.1. The summed E-state index contributed by atoms with van der Waals surface area (Å²) in [4.78, 5) is 23.2. The fraction of sp³-hybridized carbons (Fsp3) is 0.364. The Kier molecular flexibility index (Phi) is 6.23. The predicted molar refractivity (Wildman–Crippen MR) is 72.6 cm³/mol. The summed E-state index contributed by atoms with van der Waals surface area (Å²) >= 11 is 0. The Bertz CT molecular complexity index is 481. The molecule has 8 heteroatoms. The molecule has 1 amide bonds. The van der Waals surface area contributed by atoms with Crippen LogP contribution in [0.3, 0.4) is 0 Å². The molecule has 0 radical (unpaired) electrons. The van der Waals surface area contributed by atoms with Crippen molar-refractivity contribution in [2.24, 2.45) is 5.73 Å². The lowest BCUT2D eigenvalue weighted by Gasteiger charge is -2.23. The van der Waals surface area contributed by atoms with Gasteiger partial charge in [-0.2, -0.15) is 0 Å². The van der Waals surface area contributed by atoms with Gasteiger partial charge in [0.15, 0.2) is 5.75 Å². The maximum atomic E-state index is 12.0. The largest absolute Gasteiger partial charge is 0.502 e. The molecule has 1 aromatic rings. The van der Waals surface area contributed by atoms with Gasteiger partial charge in [0, 0.05) is 31.3 Å². The van der Waals surface area contributed by atoms with Crippen molar-refractivity contribution in [1.82, 2.24) is 4.90 Å². The molecule has 0 saturated heterocycles. The molecule has 3 N–H and O–H groups in total. The van der Waals surface area contributed by atoms with Gasteiger partial charge in [-0.05, 0) is 19.1 Å². The number of nitro groups is 1. The van der Waals surface area contributed by atoms with Crippen LogP contribution in [0.2, 0.25) is 0 Å². The molecule has 0 bridgehead atoms. The average Bonchev–Trinajstić information content (AvgIpc) is 2.35. The van der Waals surface area contributed by atoms with Gasteiger partial charge in [-0.15, -0.1) is 12.4 Å². The lowest BCUT2D eigenvalue weighted by Crippen LogP contribution is -2.39. The van der Waals surface area contributed by atoms with Gasteiger partial charge in [0.2, 0.25) is 0 Å². The Morgan fingerprint density at radius 2 is 2.16 bits per heavy atom. The number of benzene rings is 1. The van der Waals surface area contributed by atoms with E-state index in [0.717, 1.165) is 12.1 Å². The van der Waals surface area contributed by atoms with Crippen LogP contribution in [0.4, 0.5) is 5.69 Å². The highest BCUT2D eigenvalue weighted by molar-refractivity contribution is 5.95. The average molecular weight is 290 g/mol. The summed E-state index contributed by atoms with van der Waals surface area (Å²) in [6.07, 6.45) is 0. The first-order valence-corrected chi connectivity index (χ1v) is 5.33. The van der Waals surface area contributed by atoms with Crippen LogP contribution in [-0.2, 0) is 0 Å². The monoisotopic (exact) mass is 289 g/mol. The molecule has 0 aliphatic heterocycles. The molecule has 106 valence electrons. The van der Waals surface area contributed by atoms with Crippen LogP contribution in [0.1, 0.15) is 17.3 Å². The van der Waals surface area contributed by atoms with Gasteiger partial charge in [0.1, 0.15) is 0 Å². The summed E-state index contributed by atoms with van der Waals surface area (Å²) in [5.74, 6) is -0.877. The van der Waals surface area contributed by atoms with Crippen LogP contribution < -0.4 is 5.73 Å². The highest BCUT2D eigenvalue weighted by atomic mass is 35.5. The number of halogens is 1. The van der Waals surface area contributed by atoms with E-state index in [9.17, 15) is 20.0 Å². The minimum absolute atomic E-state index is 0. The third-order valence-electron chi connectivity index (χ3n) is 2.74. The van der Waals surface area contributed by atoms with E-state index in [1.165, 1.54) is 11.0 Å². The molecule has 0 aliphatic carbocycles. The normalized spacial score (nSPS) is 11.3. The van der Waals surface area contributed by atoms with E-state index in [0.29, 0.717) is 6.54 Å². The molecule has 1 rings (SSSR count). The smallest absolute Gasteiger partial charge is 0.310 e. The Balaban J connectivity index is 0.00000324. The molecule has 0 aromatic heterocycles. The number of nitrogens with two attached hydrogens (primary N) is 1. The van der Waals surface area contributed by atoms with Crippen LogP contribution in [0.25, 0.3) is 0 Å². The molecule has 0 fully saturated rings. The van der Waals surface area contributed by atoms with Gasteiger partial charge >= 0.3 is 5.69 Å². The van der Waals surface area contributed by atoms with Crippen LogP contribution in [-0.4, -0.2) is 40.5 Å². The van der Waals surface area contributed by atoms with Crippen LogP contribution >= 0.6 is 12.4 Å². The number of likely N-dealkylation sites (N-methyl/N-ethyl adjacent to an activating group) is 1. The number of carbonyl (C=O) groups excluding carboxylic acids is 1. The number of hydrogen-bond donors (Lipinski definition) is 2. The molecule has 0 saturated carbocycles. The summed E-state index contributed by atoms with van der Waals surface area (Å²) in [7, 11) is 1.58. The zero-order valence-electron chi connectivity index (χ0n) is 10.6. The maximum absolute atomic E-state index is 12.0. The summed E-state index contributed by atoms with van der Waals surface area (Å²) in [6.45, 7) is 2.09. The quantitative estimate of drug-likeness (QED) is 0.638. The molecule has 0 spiro atoms. The van der Waals surface area contributed by atoms with Crippen molar-refractivity contribution < 1.29 is 14.8 Å². The fourth-order valence-corrected chi connectivity index (χ4v) is 1.37. The second kappa shape index (κ2) is 6.91. The van der Waals surface area contributed by atoms with E-state index in [4.69, 9.17) is 5.73 Å². The van der Waals surface area contributed by atoms with Crippen molar-refractivity contribution in [3.05, 3.63) is 33.9 Å². The molecule has 0 heterocycles. The number of nitrogens with zero attached hydrogens (tertiary/aromatic N) is 2. The Hall–Kier alpha value is -1.86. The first kappa shape index (κ1) is 17.1. The predicted octanol–water partition coefficient (Wildman–Crippen LogP) is 1.14. The van der Waals surface area contributed by atoms with E-state index < -0.39 is 16.4 Å². The van der Waals surface area contributed by atoms with Crippen LogP contribution in [0.15, 0.2) is 18.2 Å². The van der Waals surface area contributed by atoms with Gasteiger partial charge in [-0.1, -0.05) is 0 Å². The summed E-state index contributed by atoms with van der Waals surface area (Å²) < 4.78 is 0. The molecule has 1 atom stereocenters. The van der Waals surface area contributed by atoms with Crippen molar-refractivity contribution in [2.75, 3.05) is 13.6 Å². The second-order valence-electron chi connectivity index (χ2n) is 3.96. The van der Waals surface area contributed by atoms with Gasteiger partial charge in [0.05, 0.1) is 4.92 Å². The zero-order valence-corrected chi connectivity index (χ0v) is 11.4. The fourth-order valence-electron chi connectivity index (χ4n) is 1.37. The number of phenols is 1. The van der Waals surface area contributed by atoms with Gasteiger partial charge in [0.25, 0.3) is 5.91 Å². The van der Waals surface area contributed by atoms with Gasteiger partial charge in [-0.3, -0.25) is 14.9 Å². The number of rotatable bonds is 4. The number of amides is 1. The topological polar surface area (TPSA) is 110 Å². The van der Waals surface area contributed by atoms with E-state index >= 15 is 0 Å². The van der Waals surface area contributed by atoms with E-state index in [1.54, 1.807) is 14.0 Å². The first-order chi connectivity index (χ1) is 8.38. The number of hydrogen-bond acceptors (Lipinski definition) is 5. The number of aromatic hydroxyl groups is 1. The molecule has 19 heavy (non-hydrogen) atoms.